The molecule has 8 heteroatoms. The first-order valence-electron chi connectivity index (χ1n) is 43.1. The molecular formula is C100H152Ge4N4+4. The van der Waals surface area contributed by atoms with Crippen molar-refractivity contribution in [1.82, 2.24) is 0 Å². The number of benzene rings is 4. The second-order valence-corrected chi connectivity index (χ2v) is 83.1. The Labute approximate surface area is 672 Å². The Morgan fingerprint density at radius 3 is 0.880 bits per heavy atom. The number of rotatable bonds is 19. The van der Waals surface area contributed by atoms with Gasteiger partial charge in [-0.05, 0) is 0 Å². The number of aryl methyl sites for hydroxylation is 9. The van der Waals surface area contributed by atoms with E-state index in [1.807, 2.05) is 0 Å². The third-order valence-electron chi connectivity index (χ3n) is 25.0. The van der Waals surface area contributed by atoms with Crippen LogP contribution in [0, 0.1) is 64.2 Å². The van der Waals surface area contributed by atoms with Gasteiger partial charge in [0.05, 0.1) is 0 Å². The molecule has 584 valence electrons. The van der Waals surface area contributed by atoms with E-state index in [9.17, 15) is 0 Å². The van der Waals surface area contributed by atoms with Crippen molar-refractivity contribution in [3.05, 3.63) is 189 Å². The average Bonchev–Trinajstić information content (AvgIpc) is 0.842. The molecule has 0 saturated heterocycles. The van der Waals surface area contributed by atoms with Crippen molar-refractivity contribution in [1.29, 1.82) is 0 Å². The molecule has 108 heavy (non-hydrogen) atoms. The standard InChI is InChI=1S/2C26H40GeN.C25H38GeN.C23H34GeN/c1-19-15-22(26(2,3)4)13-14-23(19)25-17-21(16-20-11-9-10-12-20)24(18-28(25)8)27(5,6)7;1-19(2)14-22-12-13-24(20(3)15-22)26-17-23(16-21-10-8-9-11-21)25(18-28(26)7)27(4,5)6;1-18(2)21-12-13-23(19(3)14-21)25-16-22(15-20-10-8-9-11-20)24(17-27(25)7)26(4,5)6;1-17-11-12-21(18(2)13-17)23-15-20(14-19-9-7-8-10-19)22(16-25(23)6)24(3,4)5/h13-15,17-18,20H,9-12,16H2,1-8H3;12-13,15,17-19,21H,8-11,14,16H2,1-7H3;12-14,16-18,20H,8-11,15H2,1-7H3;11-13,15-16,19H,7-10,14H2,1-6H3/q4*+1. The summed E-state index contributed by atoms with van der Waals surface area (Å²) in [5.74, 6) is 35.3. The molecule has 0 unspecified atom stereocenters. The minimum atomic E-state index is -1.92. The van der Waals surface area contributed by atoms with E-state index < -0.39 is 53.1 Å². The summed E-state index contributed by atoms with van der Waals surface area (Å²) in [7, 11) is 8.95. The van der Waals surface area contributed by atoms with Gasteiger partial charge in [-0.1, -0.05) is 0 Å². The maximum atomic E-state index is 2.55. The predicted molar refractivity (Wildman–Crippen MR) is 482 cm³/mol. The molecule has 4 aliphatic rings. The molecule has 4 nitrogen and oxygen atoms in total. The first kappa shape index (κ1) is 87.6. The number of aromatic nitrogens is 4. The summed E-state index contributed by atoms with van der Waals surface area (Å²) in [5.41, 5.74) is 29.1. The maximum absolute atomic E-state index is 2.55. The van der Waals surface area contributed by atoms with Crippen molar-refractivity contribution >= 4 is 70.6 Å². The Morgan fingerprint density at radius 2 is 0.620 bits per heavy atom. The van der Waals surface area contributed by atoms with E-state index in [4.69, 9.17) is 0 Å². The van der Waals surface area contributed by atoms with Gasteiger partial charge < -0.3 is 0 Å². The van der Waals surface area contributed by atoms with Gasteiger partial charge in [-0.25, -0.2) is 0 Å². The zero-order valence-corrected chi connectivity index (χ0v) is 82.5. The Bertz CT molecular complexity index is 4360. The third kappa shape index (κ3) is 23.4. The first-order chi connectivity index (χ1) is 50.5. The van der Waals surface area contributed by atoms with Crippen LogP contribution in [-0.4, -0.2) is 53.1 Å². The number of hydrogen-bond acceptors (Lipinski definition) is 0. The van der Waals surface area contributed by atoms with Crippen LogP contribution in [0.4, 0.5) is 0 Å². The van der Waals surface area contributed by atoms with E-state index in [2.05, 4.69) is 320 Å². The normalized spacial score (nSPS) is 15.8. The fourth-order valence-electron chi connectivity index (χ4n) is 18.8. The molecule has 0 spiro atoms. The molecular weight excluding hydrogens is 1550 g/mol. The SMILES string of the molecule is Cc1cc(C(C)(C)C)ccc1-c1cc(CC2CCCC2)[c]([Ge]([CH3])([CH3])[CH3])c[n+]1C.Cc1cc(C(C)C)ccc1-c1cc(CC2CCCC2)[c]([Ge]([CH3])([CH3])[CH3])c[n+]1C.Cc1cc(CC(C)C)ccc1-c1cc(CC2CCCC2)[c]([Ge]([CH3])([CH3])[CH3])c[n+]1C.Cc1ccc(-c2cc(CC3CCCC3)[c]([Ge]([CH3])([CH3])[CH3])c[n+]2C)c(C)c1. The van der Waals surface area contributed by atoms with Gasteiger partial charge in [-0.15, -0.1) is 0 Å². The third-order valence-corrected chi connectivity index (χ3v) is 42.4. The van der Waals surface area contributed by atoms with Crippen molar-refractivity contribution in [3.63, 3.8) is 0 Å². The van der Waals surface area contributed by atoms with Crippen molar-refractivity contribution in [2.45, 2.75) is 298 Å². The Hall–Kier alpha value is -4.35. The van der Waals surface area contributed by atoms with Crippen LogP contribution in [0.2, 0.25) is 69.1 Å². The van der Waals surface area contributed by atoms with Gasteiger partial charge in [0.15, 0.2) is 0 Å². The first-order valence-corrected chi connectivity index (χ1v) is 72.4. The molecule has 0 atom stereocenters. The molecule has 4 heterocycles. The summed E-state index contributed by atoms with van der Waals surface area (Å²) in [6.07, 6.45) is 39.1. The van der Waals surface area contributed by atoms with Crippen LogP contribution in [0.1, 0.15) is 224 Å². The van der Waals surface area contributed by atoms with Crippen molar-refractivity contribution < 1.29 is 18.3 Å². The van der Waals surface area contributed by atoms with Crippen LogP contribution in [0.5, 0.6) is 0 Å². The van der Waals surface area contributed by atoms with Gasteiger partial charge in [0.1, 0.15) is 0 Å². The molecule has 4 fully saturated rings. The number of nitrogens with zero attached hydrogens (tertiary/aromatic N) is 4. The quantitative estimate of drug-likeness (QED) is 0.0566. The van der Waals surface area contributed by atoms with Gasteiger partial charge in [0.25, 0.3) is 0 Å². The van der Waals surface area contributed by atoms with Crippen LogP contribution < -0.4 is 35.9 Å². The topological polar surface area (TPSA) is 15.5 Å². The second kappa shape index (κ2) is 37.3. The molecule has 4 aromatic heterocycles. The zero-order chi connectivity index (χ0) is 79.1. The minimum absolute atomic E-state index is 0.197. The average molecular weight is 1700 g/mol. The summed E-state index contributed by atoms with van der Waals surface area (Å²) in [6, 6.07) is 38.2. The van der Waals surface area contributed by atoms with Crippen LogP contribution in [0.3, 0.4) is 0 Å². The van der Waals surface area contributed by atoms with E-state index in [1.54, 1.807) is 39.8 Å². The summed E-state index contributed by atoms with van der Waals surface area (Å²) in [4.78, 5) is 0. The van der Waals surface area contributed by atoms with Gasteiger partial charge >= 0.3 is 679 Å². The molecule has 4 aliphatic carbocycles. The van der Waals surface area contributed by atoms with Crippen molar-refractivity contribution in [2.75, 3.05) is 0 Å². The molecule has 0 bridgehead atoms. The molecule has 4 aromatic carbocycles. The summed E-state index contributed by atoms with van der Waals surface area (Å²) >= 11 is -7.61. The van der Waals surface area contributed by atoms with Crippen LogP contribution in [0.25, 0.3) is 45.0 Å². The van der Waals surface area contributed by atoms with E-state index >= 15 is 0 Å². The molecule has 0 N–H and O–H groups in total. The van der Waals surface area contributed by atoms with Crippen molar-refractivity contribution in [2.24, 2.45) is 57.8 Å². The molecule has 4 saturated carbocycles. The fraction of sp³-hybridized carbons (Fsp3) is 0.560. The molecule has 0 radical (unpaired) electrons. The van der Waals surface area contributed by atoms with Crippen LogP contribution in [0.15, 0.2) is 122 Å². The van der Waals surface area contributed by atoms with E-state index in [-0.39, 0.29) is 5.41 Å². The van der Waals surface area contributed by atoms with Gasteiger partial charge in [-0.3, -0.25) is 0 Å². The molecule has 0 amide bonds. The van der Waals surface area contributed by atoms with Crippen molar-refractivity contribution in [3.8, 4) is 45.0 Å². The summed E-state index contributed by atoms with van der Waals surface area (Å²) in [6.45, 7) is 27.3. The zero-order valence-electron chi connectivity index (χ0n) is 74.1. The molecule has 8 aromatic rings. The number of hydrogen-bond donors (Lipinski definition) is 0. The van der Waals surface area contributed by atoms with E-state index in [0.29, 0.717) is 11.8 Å². The molecule has 0 aliphatic heterocycles. The fourth-order valence-corrected chi connectivity index (χ4v) is 33.2. The Morgan fingerprint density at radius 1 is 0.343 bits per heavy atom. The summed E-state index contributed by atoms with van der Waals surface area (Å²) in [5, 5.41) is 0. The van der Waals surface area contributed by atoms with Crippen LogP contribution >= 0.6 is 0 Å². The van der Waals surface area contributed by atoms with E-state index in [1.165, 1.54) is 218 Å². The number of pyridine rings is 4. The monoisotopic (exact) mass is 1700 g/mol. The van der Waals surface area contributed by atoms with Gasteiger partial charge in [0.2, 0.25) is 0 Å². The van der Waals surface area contributed by atoms with Gasteiger partial charge in [-0.2, -0.15) is 0 Å². The Kier molecular flexibility index (Phi) is 30.3. The van der Waals surface area contributed by atoms with Crippen LogP contribution in [-0.2, 0) is 65.7 Å². The van der Waals surface area contributed by atoms with E-state index in [0.717, 1.165) is 30.1 Å². The summed E-state index contributed by atoms with van der Waals surface area (Å²) < 4.78 is 16.3. The predicted octanol–water partition coefficient (Wildman–Crippen LogP) is 23.0. The van der Waals surface area contributed by atoms with Gasteiger partial charge in [0, 0.05) is 0 Å². The second-order valence-electron chi connectivity index (χ2n) is 40.8. The Balaban J connectivity index is 0.000000166. The molecule has 12 rings (SSSR count).